The molecule has 0 saturated heterocycles. The van der Waals surface area contributed by atoms with Crippen molar-refractivity contribution in [3.63, 3.8) is 0 Å². The smallest absolute Gasteiger partial charge is 0.488 e. The second-order valence-corrected chi connectivity index (χ2v) is 8.01. The third-order valence-corrected chi connectivity index (χ3v) is 5.54. The zero-order chi connectivity index (χ0) is 26.8. The van der Waals surface area contributed by atoms with E-state index >= 15 is 0 Å². The summed E-state index contributed by atoms with van der Waals surface area (Å²) in [4.78, 5) is 1.72. The lowest BCUT2D eigenvalue weighted by Gasteiger charge is -2.39. The van der Waals surface area contributed by atoms with Gasteiger partial charge in [0.1, 0.15) is 18.1 Å². The summed E-state index contributed by atoms with van der Waals surface area (Å²) in [5, 5.41) is 9.70. The average molecular weight is 531 g/mol. The molecule has 0 saturated carbocycles. The van der Waals surface area contributed by atoms with Crippen LogP contribution >= 0.6 is 0 Å². The van der Waals surface area contributed by atoms with Crippen LogP contribution in [-0.4, -0.2) is 43.8 Å². The second kappa shape index (κ2) is 10.4. The van der Waals surface area contributed by atoms with Gasteiger partial charge >= 0.3 is 18.9 Å². The van der Waals surface area contributed by atoms with Crippen LogP contribution < -0.4 is 19.1 Å². The number of aliphatic hydroxyl groups excluding tert-OH is 1. The van der Waals surface area contributed by atoms with Gasteiger partial charge < -0.3 is 24.2 Å². The quantitative estimate of drug-likeness (QED) is 0.340. The summed E-state index contributed by atoms with van der Waals surface area (Å²) in [6.45, 7) is -0.258. The molecule has 4 rings (SSSR count). The molecule has 0 aliphatic carbocycles. The Morgan fingerprint density at radius 2 is 1.59 bits per heavy atom. The van der Waals surface area contributed by atoms with E-state index in [2.05, 4.69) is 9.47 Å². The van der Waals surface area contributed by atoms with Crippen molar-refractivity contribution in [2.24, 2.45) is 0 Å². The standard InChI is InChI=1S/C25H20F7NO4/c26-23(27)24(28,29)36-17-6-2-5-16(13-17)21-14-35-22-19(8-3-9-20(22)33(21)10-11-34)15-4-1-7-18(12-15)37-25(30,31)32/h1-9,12-13,21,23,34H,10-11,14H2. The third-order valence-electron chi connectivity index (χ3n) is 5.54. The van der Waals surface area contributed by atoms with E-state index < -0.39 is 36.4 Å². The number of nitrogens with zero attached hydrogens (tertiary/aromatic N) is 1. The first-order chi connectivity index (χ1) is 17.5. The second-order valence-electron chi connectivity index (χ2n) is 8.01. The SMILES string of the molecule is OCCN1c2cccc(-c3cccc(OC(F)(F)F)c3)c2OCC1c1cccc(OC(F)(F)C(F)F)c1. The molecule has 1 aliphatic rings. The van der Waals surface area contributed by atoms with Crippen LogP contribution in [0.25, 0.3) is 11.1 Å². The zero-order valence-electron chi connectivity index (χ0n) is 18.9. The number of β-amino-alcohol motifs (C(OH)–C–C–N with tert-alkyl or cyclic N) is 1. The highest BCUT2D eigenvalue weighted by Crippen LogP contribution is 2.46. The molecule has 37 heavy (non-hydrogen) atoms. The van der Waals surface area contributed by atoms with Crippen LogP contribution in [0.15, 0.2) is 66.7 Å². The lowest BCUT2D eigenvalue weighted by molar-refractivity contribution is -0.274. The number of anilines is 1. The fraction of sp³-hybridized carbons (Fsp3) is 0.280. The number of aliphatic hydroxyl groups is 1. The fourth-order valence-corrected chi connectivity index (χ4v) is 4.06. The Morgan fingerprint density at radius 1 is 0.919 bits per heavy atom. The number of benzene rings is 3. The molecule has 0 radical (unpaired) electrons. The molecular formula is C25H20F7NO4. The van der Waals surface area contributed by atoms with Gasteiger partial charge in [0, 0.05) is 12.1 Å². The topological polar surface area (TPSA) is 51.2 Å². The molecule has 1 unspecified atom stereocenters. The highest BCUT2D eigenvalue weighted by molar-refractivity contribution is 5.80. The van der Waals surface area contributed by atoms with Gasteiger partial charge in [0.2, 0.25) is 0 Å². The molecule has 198 valence electrons. The molecule has 0 spiro atoms. The first kappa shape index (κ1) is 26.4. The summed E-state index contributed by atoms with van der Waals surface area (Å²) >= 11 is 0. The van der Waals surface area contributed by atoms with Gasteiger partial charge in [0.25, 0.3) is 0 Å². The van der Waals surface area contributed by atoms with Gasteiger partial charge in [0.05, 0.1) is 18.3 Å². The Balaban J connectivity index is 1.68. The van der Waals surface area contributed by atoms with Crippen molar-refractivity contribution in [3.8, 4) is 28.4 Å². The minimum atomic E-state index is -4.87. The largest absolute Gasteiger partial charge is 0.573 e. The highest BCUT2D eigenvalue weighted by atomic mass is 19.4. The van der Waals surface area contributed by atoms with Crippen molar-refractivity contribution in [1.82, 2.24) is 0 Å². The normalized spacial score (nSPS) is 15.8. The molecule has 1 N–H and O–H groups in total. The Morgan fingerprint density at radius 3 is 2.27 bits per heavy atom. The summed E-state index contributed by atoms with van der Waals surface area (Å²) < 4.78 is 104. The number of alkyl halides is 7. The molecule has 0 bridgehead atoms. The predicted octanol–water partition coefficient (Wildman–Crippen LogP) is 6.42. The van der Waals surface area contributed by atoms with Gasteiger partial charge in [-0.15, -0.1) is 13.2 Å². The number of halogens is 7. The van der Waals surface area contributed by atoms with Gasteiger partial charge in [-0.2, -0.15) is 17.6 Å². The number of hydrogen-bond acceptors (Lipinski definition) is 5. The zero-order valence-corrected chi connectivity index (χ0v) is 18.9. The van der Waals surface area contributed by atoms with Crippen LogP contribution in [0.1, 0.15) is 11.6 Å². The summed E-state index contributed by atoms with van der Waals surface area (Å²) in [5.74, 6) is -0.568. The molecule has 3 aromatic carbocycles. The lowest BCUT2D eigenvalue weighted by Crippen LogP contribution is -2.38. The molecule has 0 aromatic heterocycles. The molecule has 1 aliphatic heterocycles. The molecule has 3 aromatic rings. The van der Waals surface area contributed by atoms with E-state index in [4.69, 9.17) is 4.74 Å². The van der Waals surface area contributed by atoms with E-state index in [0.717, 1.165) is 12.1 Å². The van der Waals surface area contributed by atoms with E-state index in [0.29, 0.717) is 28.1 Å². The van der Waals surface area contributed by atoms with Crippen molar-refractivity contribution in [3.05, 3.63) is 72.3 Å². The average Bonchev–Trinajstić information content (AvgIpc) is 2.83. The molecule has 0 fully saturated rings. The molecule has 1 heterocycles. The monoisotopic (exact) mass is 531 g/mol. The van der Waals surface area contributed by atoms with E-state index in [1.165, 1.54) is 24.3 Å². The first-order valence-electron chi connectivity index (χ1n) is 10.9. The number of ether oxygens (including phenoxy) is 3. The van der Waals surface area contributed by atoms with Gasteiger partial charge in [-0.05, 0) is 41.5 Å². The van der Waals surface area contributed by atoms with Crippen LogP contribution in [0.2, 0.25) is 0 Å². The maximum Gasteiger partial charge on any atom is 0.573 e. The number of para-hydroxylation sites is 1. The minimum Gasteiger partial charge on any atom is -0.488 e. The van der Waals surface area contributed by atoms with Crippen LogP contribution in [-0.2, 0) is 0 Å². The van der Waals surface area contributed by atoms with Crippen molar-refractivity contribution in [2.45, 2.75) is 24.9 Å². The Bertz CT molecular complexity index is 1240. The summed E-state index contributed by atoms with van der Waals surface area (Å²) in [7, 11) is 0. The maximum atomic E-state index is 13.4. The number of hydrogen-bond donors (Lipinski definition) is 1. The highest BCUT2D eigenvalue weighted by Gasteiger charge is 2.44. The molecule has 12 heteroatoms. The van der Waals surface area contributed by atoms with Crippen molar-refractivity contribution >= 4 is 5.69 Å². The number of fused-ring (bicyclic) bond motifs is 1. The minimum absolute atomic E-state index is 0.0442. The molecule has 0 amide bonds. The maximum absolute atomic E-state index is 13.4. The van der Waals surface area contributed by atoms with Gasteiger partial charge in [-0.25, -0.2) is 0 Å². The Kier molecular flexibility index (Phi) is 7.39. The van der Waals surface area contributed by atoms with E-state index in [-0.39, 0.29) is 19.8 Å². The fourth-order valence-electron chi connectivity index (χ4n) is 4.06. The lowest BCUT2D eigenvalue weighted by atomic mass is 9.98. The Labute approximate surface area is 206 Å². The molecule has 5 nitrogen and oxygen atoms in total. The van der Waals surface area contributed by atoms with Crippen molar-refractivity contribution in [2.75, 3.05) is 24.7 Å². The number of rotatable bonds is 8. The summed E-state index contributed by atoms with van der Waals surface area (Å²) in [6, 6.07) is 14.9. The Hall–Kier alpha value is -3.67. The van der Waals surface area contributed by atoms with Crippen molar-refractivity contribution in [1.29, 1.82) is 0 Å². The molecular weight excluding hydrogens is 511 g/mol. The van der Waals surface area contributed by atoms with E-state index in [1.807, 2.05) is 0 Å². The van der Waals surface area contributed by atoms with Gasteiger partial charge in [0.15, 0.2) is 5.75 Å². The molecule has 1 atom stereocenters. The summed E-state index contributed by atoms with van der Waals surface area (Å²) in [6.07, 6.45) is -13.6. The van der Waals surface area contributed by atoms with Crippen LogP contribution in [0, 0.1) is 0 Å². The predicted molar refractivity (Wildman–Crippen MR) is 119 cm³/mol. The van der Waals surface area contributed by atoms with Gasteiger partial charge in [-0.3, -0.25) is 0 Å². The van der Waals surface area contributed by atoms with E-state index in [1.54, 1.807) is 35.2 Å². The van der Waals surface area contributed by atoms with Crippen LogP contribution in [0.5, 0.6) is 17.2 Å². The van der Waals surface area contributed by atoms with E-state index in [9.17, 15) is 35.8 Å². The van der Waals surface area contributed by atoms with Crippen LogP contribution in [0.3, 0.4) is 0 Å². The third kappa shape index (κ3) is 6.01. The first-order valence-corrected chi connectivity index (χ1v) is 10.9. The summed E-state index contributed by atoms with van der Waals surface area (Å²) in [5.41, 5.74) is 1.72. The van der Waals surface area contributed by atoms with Crippen LogP contribution in [0.4, 0.5) is 36.4 Å². The van der Waals surface area contributed by atoms with Crippen molar-refractivity contribution < 1.29 is 50.1 Å². The van der Waals surface area contributed by atoms with Gasteiger partial charge in [-0.1, -0.05) is 36.4 Å².